The van der Waals surface area contributed by atoms with Gasteiger partial charge in [0.1, 0.15) is 45.7 Å². The zero-order chi connectivity index (χ0) is 44.9. The fourth-order valence-corrected chi connectivity index (χ4v) is 8.49. The fourth-order valence-electron chi connectivity index (χ4n) is 6.88. The van der Waals surface area contributed by atoms with Gasteiger partial charge in [0.2, 0.25) is 11.8 Å². The van der Waals surface area contributed by atoms with Crippen LogP contribution in [0.1, 0.15) is 67.7 Å². The van der Waals surface area contributed by atoms with Crippen LogP contribution < -0.4 is 24.8 Å². The third-order valence-electron chi connectivity index (χ3n) is 10.1. The summed E-state index contributed by atoms with van der Waals surface area (Å²) in [4.78, 5) is 62.4. The van der Waals surface area contributed by atoms with Crippen LogP contribution in [0.15, 0.2) is 96.4 Å². The number of nitrogens with zero attached hydrogens (tertiary/aromatic N) is 2. The lowest BCUT2D eigenvalue weighted by atomic mass is 9.85. The number of carbonyl (C=O) groups excluding carboxylic acids is 4. The standard InChI is InChI=1S/C45H54ClN5O9S/c1-10-11-23-45(8,41(54)50-61(56,57)37-20-16-15-19-32(37)46)49-39(52)35-25-30(27-51(35)40(53)38(43(2,3)4)48-42(55)60-44(5,6)7)59-36-26-33(28-17-13-12-14-18-28)47-34-24-29(58-9)21-22-31(34)36/h10,12-22,24,26,30,35,38H,1,11,23,25,27H2,2-9H3,(H,48,55)(H,49,52)(H,50,54)/t30-,35+,38?,45+/m1/s1. The Kier molecular flexibility index (Phi) is 14.1. The number of halogens is 1. The molecule has 1 aromatic heterocycles. The summed E-state index contributed by atoms with van der Waals surface area (Å²) in [5.74, 6) is -1.37. The molecule has 4 amide bonds. The normalized spacial score (nSPS) is 17.1. The van der Waals surface area contributed by atoms with Crippen LogP contribution in [0.2, 0.25) is 5.02 Å². The van der Waals surface area contributed by atoms with Gasteiger partial charge in [-0.2, -0.15) is 0 Å². The highest BCUT2D eigenvalue weighted by molar-refractivity contribution is 7.90. The molecule has 0 aliphatic carbocycles. The predicted molar refractivity (Wildman–Crippen MR) is 234 cm³/mol. The molecule has 1 aliphatic rings. The fraction of sp³-hybridized carbons (Fsp3) is 0.400. The van der Waals surface area contributed by atoms with E-state index in [1.54, 1.807) is 72.9 Å². The number of hydrogen-bond acceptors (Lipinski definition) is 10. The number of benzene rings is 3. The van der Waals surface area contributed by atoms with E-state index in [4.69, 9.17) is 30.8 Å². The van der Waals surface area contributed by atoms with Gasteiger partial charge in [-0.05, 0) is 70.2 Å². The van der Waals surface area contributed by atoms with Crippen LogP contribution in [0.3, 0.4) is 0 Å². The monoisotopic (exact) mass is 875 g/mol. The Morgan fingerprint density at radius 1 is 0.967 bits per heavy atom. The summed E-state index contributed by atoms with van der Waals surface area (Å²) in [5, 5.41) is 6.04. The smallest absolute Gasteiger partial charge is 0.408 e. The van der Waals surface area contributed by atoms with Crippen molar-refractivity contribution >= 4 is 56.3 Å². The lowest BCUT2D eigenvalue weighted by Gasteiger charge is -2.36. The van der Waals surface area contributed by atoms with E-state index < -0.39 is 68.6 Å². The average molecular weight is 876 g/mol. The molecule has 0 bridgehead atoms. The second-order valence-electron chi connectivity index (χ2n) is 17.2. The number of rotatable bonds is 14. The Bertz CT molecular complexity index is 2400. The van der Waals surface area contributed by atoms with E-state index in [-0.39, 0.29) is 35.7 Å². The molecule has 5 rings (SSSR count). The van der Waals surface area contributed by atoms with Gasteiger partial charge in [-0.1, -0.05) is 80.9 Å². The molecule has 326 valence electrons. The van der Waals surface area contributed by atoms with Crippen LogP contribution in [0, 0.1) is 5.41 Å². The first kappa shape index (κ1) is 46.4. The molecule has 1 unspecified atom stereocenters. The van der Waals surface area contributed by atoms with Gasteiger partial charge in [-0.15, -0.1) is 6.58 Å². The minimum Gasteiger partial charge on any atom is -0.497 e. The van der Waals surface area contributed by atoms with E-state index in [1.807, 2.05) is 36.4 Å². The molecule has 0 saturated carbocycles. The number of likely N-dealkylation sites (tertiary alicyclic amines) is 1. The topological polar surface area (TPSA) is 182 Å². The summed E-state index contributed by atoms with van der Waals surface area (Å²) < 4.78 is 46.6. The zero-order valence-corrected chi connectivity index (χ0v) is 37.3. The van der Waals surface area contributed by atoms with Gasteiger partial charge in [0.15, 0.2) is 0 Å². The maximum absolute atomic E-state index is 14.8. The van der Waals surface area contributed by atoms with Crippen LogP contribution in [0.4, 0.5) is 4.79 Å². The first-order chi connectivity index (χ1) is 28.5. The van der Waals surface area contributed by atoms with E-state index in [9.17, 15) is 27.6 Å². The van der Waals surface area contributed by atoms with Crippen LogP contribution in [-0.2, 0) is 29.1 Å². The number of alkyl carbamates (subject to hydrolysis) is 1. The third kappa shape index (κ3) is 11.4. The van der Waals surface area contributed by atoms with Crippen molar-refractivity contribution in [1.29, 1.82) is 0 Å². The first-order valence-corrected chi connectivity index (χ1v) is 21.7. The molecule has 4 aromatic rings. The Hall–Kier alpha value is -5.67. The molecule has 1 aliphatic heterocycles. The molecule has 61 heavy (non-hydrogen) atoms. The van der Waals surface area contributed by atoms with E-state index in [2.05, 4.69) is 21.9 Å². The number of fused-ring (bicyclic) bond motifs is 1. The number of hydrogen-bond donors (Lipinski definition) is 3. The van der Waals surface area contributed by atoms with Gasteiger partial charge in [0.05, 0.1) is 29.9 Å². The lowest BCUT2D eigenvalue weighted by molar-refractivity contribution is -0.143. The molecule has 0 radical (unpaired) electrons. The average Bonchev–Trinajstić information content (AvgIpc) is 3.61. The Morgan fingerprint density at radius 3 is 2.26 bits per heavy atom. The van der Waals surface area contributed by atoms with Crippen LogP contribution in [0.5, 0.6) is 11.5 Å². The van der Waals surface area contributed by atoms with Gasteiger partial charge >= 0.3 is 6.09 Å². The number of sulfonamides is 1. The summed E-state index contributed by atoms with van der Waals surface area (Å²) >= 11 is 6.18. The Morgan fingerprint density at radius 2 is 1.64 bits per heavy atom. The van der Waals surface area contributed by atoms with Crippen molar-refractivity contribution < 1.29 is 41.8 Å². The number of allylic oxidation sites excluding steroid dienone is 1. The van der Waals surface area contributed by atoms with E-state index in [1.165, 1.54) is 36.1 Å². The first-order valence-electron chi connectivity index (χ1n) is 19.8. The highest BCUT2D eigenvalue weighted by Crippen LogP contribution is 2.36. The summed E-state index contributed by atoms with van der Waals surface area (Å²) in [6.07, 6.45) is 0.0428. The summed E-state index contributed by atoms with van der Waals surface area (Å²) in [5.41, 5.74) is -1.54. The minimum absolute atomic E-state index is 0.0431. The van der Waals surface area contributed by atoms with Crippen molar-refractivity contribution in [3.05, 3.63) is 96.5 Å². The highest BCUT2D eigenvalue weighted by atomic mass is 35.5. The molecule has 16 heteroatoms. The maximum Gasteiger partial charge on any atom is 0.408 e. The molecular weight excluding hydrogens is 822 g/mol. The molecule has 2 heterocycles. The van der Waals surface area contributed by atoms with Crippen molar-refractivity contribution in [1.82, 2.24) is 25.2 Å². The highest BCUT2D eigenvalue weighted by Gasteiger charge is 2.48. The van der Waals surface area contributed by atoms with Gasteiger partial charge in [-0.3, -0.25) is 14.4 Å². The van der Waals surface area contributed by atoms with Gasteiger partial charge in [0.25, 0.3) is 15.9 Å². The molecular formula is C45H54ClN5O9S. The number of carbonyl (C=O) groups is 4. The van der Waals surface area contributed by atoms with Crippen LogP contribution in [0.25, 0.3) is 22.2 Å². The molecule has 14 nitrogen and oxygen atoms in total. The van der Waals surface area contributed by atoms with Gasteiger partial charge < -0.3 is 29.7 Å². The molecule has 0 spiro atoms. The summed E-state index contributed by atoms with van der Waals surface area (Å²) in [7, 11) is -2.92. The third-order valence-corrected chi connectivity index (χ3v) is 11.9. The number of amides is 4. The minimum atomic E-state index is -4.48. The molecule has 3 N–H and O–H groups in total. The number of pyridine rings is 1. The number of aromatic nitrogens is 1. The molecule has 4 atom stereocenters. The van der Waals surface area contributed by atoms with Crippen LogP contribution in [-0.4, -0.2) is 85.1 Å². The van der Waals surface area contributed by atoms with Crippen molar-refractivity contribution in [2.75, 3.05) is 13.7 Å². The summed E-state index contributed by atoms with van der Waals surface area (Å²) in [6.45, 7) is 15.4. The van der Waals surface area contributed by atoms with Crippen molar-refractivity contribution in [3.63, 3.8) is 0 Å². The maximum atomic E-state index is 14.8. The van der Waals surface area contributed by atoms with Gasteiger partial charge in [-0.25, -0.2) is 22.9 Å². The number of nitrogens with one attached hydrogen (secondary N) is 3. The number of ether oxygens (including phenoxy) is 3. The number of methoxy groups -OCH3 is 1. The predicted octanol–water partition coefficient (Wildman–Crippen LogP) is 7.20. The SMILES string of the molecule is C=CCC[C@](C)(NC(=O)[C@@H]1C[C@@H](Oc2cc(-c3ccccc3)nc3cc(OC)ccc23)CN1C(=O)C(NC(=O)OC(C)(C)C)C(C)(C)C)C(=O)NS(=O)(=O)c1ccccc1Cl. The second kappa shape index (κ2) is 18.5. The van der Waals surface area contributed by atoms with E-state index in [0.717, 1.165) is 5.56 Å². The molecule has 1 fully saturated rings. The van der Waals surface area contributed by atoms with E-state index >= 15 is 0 Å². The second-order valence-corrected chi connectivity index (χ2v) is 19.3. The summed E-state index contributed by atoms with van der Waals surface area (Å²) in [6, 6.07) is 19.9. The molecule has 1 saturated heterocycles. The van der Waals surface area contributed by atoms with Gasteiger partial charge in [0, 0.05) is 29.5 Å². The Balaban J connectivity index is 1.54. The van der Waals surface area contributed by atoms with Crippen molar-refractivity contribution in [2.45, 2.75) is 102 Å². The lowest BCUT2D eigenvalue weighted by Crippen LogP contribution is -2.62. The van der Waals surface area contributed by atoms with Crippen molar-refractivity contribution in [2.24, 2.45) is 5.41 Å². The zero-order valence-electron chi connectivity index (χ0n) is 35.7. The Labute approximate surface area is 362 Å². The van der Waals surface area contributed by atoms with Crippen molar-refractivity contribution in [3.8, 4) is 22.8 Å². The van der Waals surface area contributed by atoms with Crippen LogP contribution >= 0.6 is 11.6 Å². The largest absolute Gasteiger partial charge is 0.497 e. The van der Waals surface area contributed by atoms with E-state index in [0.29, 0.717) is 28.1 Å². The molecule has 3 aromatic carbocycles. The quantitative estimate of drug-likeness (QED) is 0.110.